The van der Waals surface area contributed by atoms with E-state index in [4.69, 9.17) is 9.15 Å². The molecule has 0 radical (unpaired) electrons. The van der Waals surface area contributed by atoms with Crippen LogP contribution in [0.1, 0.15) is 43.2 Å². The summed E-state index contributed by atoms with van der Waals surface area (Å²) < 4.78 is 12.4. The molecular formula is C20H22N2O3. The third-order valence-electron chi connectivity index (χ3n) is 4.71. The Bertz CT molecular complexity index is 874. The van der Waals surface area contributed by atoms with E-state index in [1.807, 2.05) is 25.1 Å². The molecule has 1 saturated heterocycles. The van der Waals surface area contributed by atoms with Crippen molar-refractivity contribution in [3.63, 3.8) is 0 Å². The van der Waals surface area contributed by atoms with Crippen molar-refractivity contribution in [2.75, 3.05) is 6.61 Å². The first kappa shape index (κ1) is 16.2. The summed E-state index contributed by atoms with van der Waals surface area (Å²) in [5.74, 6) is 6.98. The van der Waals surface area contributed by atoms with Gasteiger partial charge in [-0.2, -0.15) is 4.68 Å². The Hall–Kier alpha value is -2.32. The van der Waals surface area contributed by atoms with E-state index >= 15 is 0 Å². The van der Waals surface area contributed by atoms with Crippen molar-refractivity contribution in [3.05, 3.63) is 39.9 Å². The molecule has 1 aromatic carbocycles. The highest BCUT2D eigenvalue weighted by molar-refractivity contribution is 5.60. The second-order valence-electron chi connectivity index (χ2n) is 6.92. The van der Waals surface area contributed by atoms with Gasteiger partial charge >= 0.3 is 5.76 Å². The van der Waals surface area contributed by atoms with Gasteiger partial charge in [0.25, 0.3) is 0 Å². The molecule has 5 nitrogen and oxygen atoms in total. The molecule has 2 fully saturated rings. The smallest absolute Gasteiger partial charge is 0.388 e. The maximum atomic E-state index is 12.1. The predicted molar refractivity (Wildman–Crippen MR) is 94.1 cm³/mol. The minimum absolute atomic E-state index is 0.0468. The van der Waals surface area contributed by atoms with Gasteiger partial charge in [-0.05, 0) is 62.8 Å². The van der Waals surface area contributed by atoms with Crippen molar-refractivity contribution in [2.24, 2.45) is 5.92 Å². The summed E-state index contributed by atoms with van der Waals surface area (Å²) in [6.07, 6.45) is 5.67. The largest absolute Gasteiger partial charge is 0.437 e. The van der Waals surface area contributed by atoms with E-state index in [0.29, 0.717) is 18.4 Å². The molecule has 0 unspecified atom stereocenters. The van der Waals surface area contributed by atoms with E-state index in [-0.39, 0.29) is 6.10 Å². The summed E-state index contributed by atoms with van der Waals surface area (Å²) >= 11 is 0. The highest BCUT2D eigenvalue weighted by Crippen LogP contribution is 2.28. The zero-order chi connectivity index (χ0) is 17.2. The normalized spacial score (nSPS) is 20.1. The molecule has 2 heterocycles. The summed E-state index contributed by atoms with van der Waals surface area (Å²) in [6.45, 7) is 3.19. The molecule has 5 heteroatoms. The summed E-state index contributed by atoms with van der Waals surface area (Å²) in [5, 5.41) is 4.37. The van der Waals surface area contributed by atoms with Crippen LogP contribution >= 0.6 is 0 Å². The van der Waals surface area contributed by atoms with E-state index in [1.54, 1.807) is 0 Å². The van der Waals surface area contributed by atoms with Crippen LogP contribution in [0.25, 0.3) is 11.5 Å². The second-order valence-corrected chi connectivity index (χ2v) is 6.92. The van der Waals surface area contributed by atoms with E-state index < -0.39 is 5.76 Å². The molecule has 2 aromatic rings. The maximum Gasteiger partial charge on any atom is 0.437 e. The van der Waals surface area contributed by atoms with Crippen molar-refractivity contribution >= 4 is 0 Å². The van der Waals surface area contributed by atoms with Crippen LogP contribution in [-0.2, 0) is 11.3 Å². The molecule has 25 heavy (non-hydrogen) atoms. The zero-order valence-corrected chi connectivity index (χ0v) is 14.5. The number of hydrogen-bond donors (Lipinski definition) is 0. The van der Waals surface area contributed by atoms with Crippen LogP contribution < -0.4 is 5.76 Å². The Kier molecular flexibility index (Phi) is 4.46. The fourth-order valence-corrected chi connectivity index (χ4v) is 3.07. The van der Waals surface area contributed by atoms with E-state index in [2.05, 4.69) is 16.9 Å². The van der Waals surface area contributed by atoms with Gasteiger partial charge in [0, 0.05) is 23.7 Å². The van der Waals surface area contributed by atoms with E-state index in [9.17, 15) is 4.79 Å². The number of aryl methyl sites for hydroxylation is 1. The van der Waals surface area contributed by atoms with Gasteiger partial charge in [-0.3, -0.25) is 0 Å². The van der Waals surface area contributed by atoms with Crippen LogP contribution in [0.2, 0.25) is 0 Å². The molecule has 0 spiro atoms. The molecular weight excluding hydrogens is 316 g/mol. The first-order valence-electron chi connectivity index (χ1n) is 9.01. The first-order valence-corrected chi connectivity index (χ1v) is 9.01. The molecule has 2 aliphatic rings. The fourth-order valence-electron chi connectivity index (χ4n) is 3.07. The molecule has 1 saturated carbocycles. The highest BCUT2D eigenvalue weighted by atomic mass is 16.5. The Morgan fingerprint density at radius 1 is 1.28 bits per heavy atom. The molecule has 0 bridgehead atoms. The van der Waals surface area contributed by atoms with Crippen LogP contribution in [0.15, 0.2) is 27.4 Å². The van der Waals surface area contributed by atoms with E-state index in [0.717, 1.165) is 42.6 Å². The molecule has 130 valence electrons. The average molecular weight is 338 g/mol. The van der Waals surface area contributed by atoms with Crippen molar-refractivity contribution in [1.82, 2.24) is 9.78 Å². The van der Waals surface area contributed by atoms with Gasteiger partial charge in [0.05, 0.1) is 12.6 Å². The predicted octanol–water partition coefficient (Wildman–Crippen LogP) is 3.14. The number of ether oxygens (including phenoxy) is 1. The SMILES string of the molecule is Cc1cc(C#CC2CC2)ccc1-c1nn(C[C@H]2CCCCO2)c(=O)o1. The van der Waals surface area contributed by atoms with Crippen molar-refractivity contribution < 1.29 is 9.15 Å². The molecule has 1 aliphatic carbocycles. The van der Waals surface area contributed by atoms with Gasteiger partial charge in [0.15, 0.2) is 0 Å². The standard InChI is InChI=1S/C20H22N2O3/c1-14-12-16(8-7-15-5-6-15)9-10-18(14)19-21-22(20(23)25-19)13-17-4-2-3-11-24-17/h9-10,12,15,17H,2-6,11,13H2,1H3/t17-/m1/s1. The van der Waals surface area contributed by atoms with Crippen LogP contribution in [0, 0.1) is 24.7 Å². The minimum Gasteiger partial charge on any atom is -0.388 e. The minimum atomic E-state index is -0.429. The quantitative estimate of drug-likeness (QED) is 0.807. The third kappa shape index (κ3) is 3.85. The summed E-state index contributed by atoms with van der Waals surface area (Å²) in [5.41, 5.74) is 2.83. The Labute approximate surface area is 147 Å². The van der Waals surface area contributed by atoms with Crippen LogP contribution in [0.5, 0.6) is 0 Å². The van der Waals surface area contributed by atoms with Gasteiger partial charge in [0.2, 0.25) is 5.89 Å². The Morgan fingerprint density at radius 2 is 2.16 bits per heavy atom. The van der Waals surface area contributed by atoms with Crippen LogP contribution in [0.4, 0.5) is 0 Å². The molecule has 0 N–H and O–H groups in total. The third-order valence-corrected chi connectivity index (χ3v) is 4.71. The lowest BCUT2D eigenvalue weighted by molar-refractivity contribution is 0.00295. The number of nitrogens with zero attached hydrogens (tertiary/aromatic N) is 2. The number of hydrogen-bond acceptors (Lipinski definition) is 4. The molecule has 1 atom stereocenters. The molecule has 4 rings (SSSR count). The molecule has 1 aliphatic heterocycles. The number of rotatable bonds is 3. The lowest BCUT2D eigenvalue weighted by atomic mass is 10.1. The summed E-state index contributed by atoms with van der Waals surface area (Å²) in [6, 6.07) is 5.91. The molecule has 0 amide bonds. The van der Waals surface area contributed by atoms with Crippen molar-refractivity contribution in [3.8, 4) is 23.3 Å². The monoisotopic (exact) mass is 338 g/mol. The summed E-state index contributed by atoms with van der Waals surface area (Å²) in [7, 11) is 0. The first-order chi connectivity index (χ1) is 12.2. The van der Waals surface area contributed by atoms with Crippen LogP contribution in [-0.4, -0.2) is 22.5 Å². The Morgan fingerprint density at radius 3 is 2.88 bits per heavy atom. The second kappa shape index (κ2) is 6.89. The van der Waals surface area contributed by atoms with Gasteiger partial charge in [-0.25, -0.2) is 4.79 Å². The number of benzene rings is 1. The maximum absolute atomic E-state index is 12.1. The van der Waals surface area contributed by atoms with Gasteiger partial charge < -0.3 is 9.15 Å². The Balaban J connectivity index is 1.54. The topological polar surface area (TPSA) is 57.3 Å². The average Bonchev–Trinajstić information content (AvgIpc) is 3.38. The van der Waals surface area contributed by atoms with E-state index in [1.165, 1.54) is 17.5 Å². The van der Waals surface area contributed by atoms with Gasteiger partial charge in [-0.1, -0.05) is 11.8 Å². The fraction of sp³-hybridized carbons (Fsp3) is 0.500. The zero-order valence-electron chi connectivity index (χ0n) is 14.5. The van der Waals surface area contributed by atoms with Crippen molar-refractivity contribution in [1.29, 1.82) is 0 Å². The van der Waals surface area contributed by atoms with Gasteiger partial charge in [-0.15, -0.1) is 5.10 Å². The summed E-state index contributed by atoms with van der Waals surface area (Å²) in [4.78, 5) is 12.1. The highest BCUT2D eigenvalue weighted by Gasteiger charge is 2.19. The van der Waals surface area contributed by atoms with Gasteiger partial charge in [0.1, 0.15) is 0 Å². The lowest BCUT2D eigenvalue weighted by Crippen LogP contribution is -2.29. The van der Waals surface area contributed by atoms with Crippen LogP contribution in [0.3, 0.4) is 0 Å². The molecule has 1 aromatic heterocycles. The number of aromatic nitrogens is 2. The lowest BCUT2D eigenvalue weighted by Gasteiger charge is -2.21. The van der Waals surface area contributed by atoms with Crippen molar-refractivity contribution in [2.45, 2.75) is 51.7 Å².